The molecule has 37 heavy (non-hydrogen) atoms. The Hall–Kier alpha value is -2.97. The molecule has 1 atom stereocenters. The Kier molecular flexibility index (Phi) is 8.68. The molecule has 0 bridgehead atoms. The average Bonchev–Trinajstić information content (AvgIpc) is 3.06. The Morgan fingerprint density at radius 3 is 2.70 bits per heavy atom. The summed E-state index contributed by atoms with van der Waals surface area (Å²) in [5.74, 6) is 0.194. The molecule has 3 amide bonds. The number of nitrogens with one attached hydrogen (secondary N) is 2. The quantitative estimate of drug-likeness (QED) is 0.494. The molecule has 3 aliphatic rings. The summed E-state index contributed by atoms with van der Waals surface area (Å²) in [5, 5.41) is 6.00. The number of anilines is 3. The fraction of sp³-hybridized carbons (Fsp3) is 0.552. The lowest BCUT2D eigenvalue weighted by atomic mass is 9.97. The van der Waals surface area contributed by atoms with Crippen LogP contribution in [-0.4, -0.2) is 72.0 Å². The number of hydrogen-bond acceptors (Lipinski definition) is 5. The Labute approximate surface area is 220 Å². The maximum Gasteiger partial charge on any atom is 0.327 e. The first-order chi connectivity index (χ1) is 18.2. The first-order valence-corrected chi connectivity index (χ1v) is 14.1. The van der Waals surface area contributed by atoms with E-state index in [0.29, 0.717) is 35.3 Å². The van der Waals surface area contributed by atoms with Gasteiger partial charge in [0.15, 0.2) is 5.82 Å². The van der Waals surface area contributed by atoms with E-state index >= 15 is 0 Å². The largest absolute Gasteiger partial charge is 0.336 e. The van der Waals surface area contributed by atoms with Crippen LogP contribution in [0.25, 0.3) is 0 Å². The highest BCUT2D eigenvalue weighted by Crippen LogP contribution is 2.36. The number of para-hydroxylation sites is 1. The lowest BCUT2D eigenvalue weighted by molar-refractivity contribution is 0.102. The van der Waals surface area contributed by atoms with E-state index in [1.54, 1.807) is 36.5 Å². The summed E-state index contributed by atoms with van der Waals surface area (Å²) in [6.07, 6.45) is 13.3. The van der Waals surface area contributed by atoms with Crippen LogP contribution in [0.15, 0.2) is 42.6 Å². The van der Waals surface area contributed by atoms with E-state index in [9.17, 15) is 9.59 Å². The molecule has 3 aliphatic heterocycles. The number of unbranched alkanes of at least 4 members (excludes halogenated alkanes) is 1. The Balaban J connectivity index is 1.17. The van der Waals surface area contributed by atoms with Crippen molar-refractivity contribution in [2.75, 3.05) is 49.5 Å². The topological polar surface area (TPSA) is 80.8 Å². The minimum absolute atomic E-state index is 0.239. The predicted octanol–water partition coefficient (Wildman–Crippen LogP) is 5.01. The minimum Gasteiger partial charge on any atom is -0.336 e. The molecule has 198 valence electrons. The van der Waals surface area contributed by atoms with Crippen LogP contribution in [-0.2, 0) is 0 Å². The van der Waals surface area contributed by atoms with Crippen LogP contribution in [0.1, 0.15) is 68.1 Å². The molecule has 0 radical (unpaired) electrons. The number of likely N-dealkylation sites (tertiary alicyclic amines) is 2. The van der Waals surface area contributed by atoms with E-state index in [-0.39, 0.29) is 11.9 Å². The molecule has 8 heteroatoms. The Morgan fingerprint density at radius 1 is 0.973 bits per heavy atom. The van der Waals surface area contributed by atoms with E-state index in [2.05, 4.69) is 25.4 Å². The van der Waals surface area contributed by atoms with Crippen molar-refractivity contribution in [2.24, 2.45) is 0 Å². The van der Waals surface area contributed by atoms with E-state index < -0.39 is 0 Å². The molecule has 1 unspecified atom stereocenters. The van der Waals surface area contributed by atoms with Crippen LogP contribution in [0.4, 0.5) is 22.0 Å². The number of piperidine rings is 2. The summed E-state index contributed by atoms with van der Waals surface area (Å²) in [5.41, 5.74) is 1.52. The number of carbonyl (C=O) groups is 2. The maximum atomic E-state index is 13.5. The van der Waals surface area contributed by atoms with Gasteiger partial charge in [-0.3, -0.25) is 9.69 Å². The van der Waals surface area contributed by atoms with Gasteiger partial charge in [-0.1, -0.05) is 31.4 Å². The first-order valence-electron chi connectivity index (χ1n) is 14.1. The lowest BCUT2D eigenvalue weighted by Crippen LogP contribution is -2.46. The normalized spacial score (nSPS) is 20.5. The second-order valence-electron chi connectivity index (χ2n) is 10.5. The average molecular weight is 505 g/mol. The van der Waals surface area contributed by atoms with Gasteiger partial charge in [0.2, 0.25) is 0 Å². The fourth-order valence-electron chi connectivity index (χ4n) is 6.01. The van der Waals surface area contributed by atoms with Crippen molar-refractivity contribution in [2.45, 2.75) is 63.8 Å². The second-order valence-corrected chi connectivity index (χ2v) is 10.5. The van der Waals surface area contributed by atoms with Crippen molar-refractivity contribution in [3.8, 4) is 0 Å². The molecule has 2 fully saturated rings. The van der Waals surface area contributed by atoms with Crippen LogP contribution < -0.4 is 15.5 Å². The Morgan fingerprint density at radius 2 is 1.81 bits per heavy atom. The van der Waals surface area contributed by atoms with Crippen molar-refractivity contribution in [1.29, 1.82) is 0 Å². The van der Waals surface area contributed by atoms with E-state index in [4.69, 9.17) is 0 Å². The van der Waals surface area contributed by atoms with Crippen LogP contribution in [0.3, 0.4) is 0 Å². The van der Waals surface area contributed by atoms with E-state index in [1.807, 2.05) is 6.07 Å². The zero-order valence-corrected chi connectivity index (χ0v) is 21.8. The molecule has 2 saturated heterocycles. The summed E-state index contributed by atoms with van der Waals surface area (Å²) in [7, 11) is 0. The second kappa shape index (κ2) is 12.5. The number of fused-ring (bicyclic) bond motifs is 2. The first kappa shape index (κ1) is 25.7. The van der Waals surface area contributed by atoms with Crippen LogP contribution >= 0.6 is 0 Å². The molecule has 0 saturated carbocycles. The highest BCUT2D eigenvalue weighted by Gasteiger charge is 2.30. The molecule has 1 aromatic carbocycles. The third kappa shape index (κ3) is 6.30. The Bertz CT molecular complexity index is 1070. The number of carbonyl (C=O) groups excluding carboxylic acids is 2. The molecule has 4 heterocycles. The van der Waals surface area contributed by atoms with Crippen LogP contribution in [0.5, 0.6) is 0 Å². The number of benzene rings is 1. The number of nitrogens with zero attached hydrogens (tertiary/aromatic N) is 4. The highest BCUT2D eigenvalue weighted by atomic mass is 16.2. The molecule has 1 aromatic heterocycles. The van der Waals surface area contributed by atoms with Gasteiger partial charge in [0.25, 0.3) is 5.91 Å². The lowest BCUT2D eigenvalue weighted by Gasteiger charge is -2.36. The van der Waals surface area contributed by atoms with Crippen molar-refractivity contribution in [3.05, 3.63) is 48.2 Å². The maximum absolute atomic E-state index is 13.5. The summed E-state index contributed by atoms with van der Waals surface area (Å²) in [6, 6.07) is 11.0. The summed E-state index contributed by atoms with van der Waals surface area (Å²) in [4.78, 5) is 37.4. The van der Waals surface area contributed by atoms with Crippen molar-refractivity contribution < 1.29 is 9.59 Å². The van der Waals surface area contributed by atoms with Crippen LogP contribution in [0, 0.1) is 0 Å². The van der Waals surface area contributed by atoms with Crippen molar-refractivity contribution >= 4 is 29.1 Å². The van der Waals surface area contributed by atoms with Gasteiger partial charge in [0.05, 0.1) is 16.9 Å². The fourth-order valence-corrected chi connectivity index (χ4v) is 6.01. The molecule has 0 spiro atoms. The van der Waals surface area contributed by atoms with Crippen LogP contribution in [0.2, 0.25) is 0 Å². The van der Waals surface area contributed by atoms with Gasteiger partial charge in [-0.2, -0.15) is 0 Å². The number of pyridine rings is 1. The third-order valence-corrected chi connectivity index (χ3v) is 7.97. The number of hydrogen-bond donors (Lipinski definition) is 2. The van der Waals surface area contributed by atoms with Gasteiger partial charge >= 0.3 is 6.03 Å². The van der Waals surface area contributed by atoms with E-state index in [1.165, 1.54) is 82.3 Å². The van der Waals surface area contributed by atoms with Crippen molar-refractivity contribution in [3.63, 3.8) is 0 Å². The standard InChI is InChI=1S/C29H40N6O2/c36-28-24-13-2-3-15-26(24)35(27-25(32-28)14-10-16-30-27)29(37)31-17-22-34-21-9-5-12-23(34)11-4-8-20-33-18-6-1-7-19-33/h2-3,10,13-16,23H,1,4-9,11-12,17-22H2,(H,31,37)(H,32,36). The van der Waals surface area contributed by atoms with Gasteiger partial charge in [-0.05, 0) is 89.0 Å². The number of aromatic nitrogens is 1. The van der Waals surface area contributed by atoms with Gasteiger partial charge in [0, 0.05) is 25.3 Å². The van der Waals surface area contributed by atoms with Gasteiger partial charge in [0.1, 0.15) is 0 Å². The summed E-state index contributed by atoms with van der Waals surface area (Å²) < 4.78 is 0. The molecular formula is C29H40N6O2. The summed E-state index contributed by atoms with van der Waals surface area (Å²) in [6.45, 7) is 6.30. The highest BCUT2D eigenvalue weighted by molar-refractivity contribution is 6.16. The van der Waals surface area contributed by atoms with Gasteiger partial charge in [-0.15, -0.1) is 0 Å². The van der Waals surface area contributed by atoms with E-state index in [0.717, 1.165) is 13.1 Å². The zero-order valence-electron chi connectivity index (χ0n) is 21.8. The number of urea groups is 1. The van der Waals surface area contributed by atoms with Gasteiger partial charge < -0.3 is 15.5 Å². The number of rotatable bonds is 8. The molecule has 2 aromatic rings. The minimum atomic E-state index is -0.265. The molecule has 0 aliphatic carbocycles. The molecule has 2 N–H and O–H groups in total. The molecule has 8 nitrogen and oxygen atoms in total. The zero-order chi connectivity index (χ0) is 25.5. The monoisotopic (exact) mass is 504 g/mol. The summed E-state index contributed by atoms with van der Waals surface area (Å²) >= 11 is 0. The smallest absolute Gasteiger partial charge is 0.327 e. The van der Waals surface area contributed by atoms with Gasteiger partial charge in [-0.25, -0.2) is 14.7 Å². The molecule has 5 rings (SSSR count). The van der Waals surface area contributed by atoms with Crippen molar-refractivity contribution in [1.82, 2.24) is 20.1 Å². The SMILES string of the molecule is O=C1Nc2cccnc2N(C(=O)NCCN2CCCCC2CCCCN2CCCCC2)c2ccccc21. The predicted molar refractivity (Wildman–Crippen MR) is 148 cm³/mol. The third-order valence-electron chi connectivity index (χ3n) is 7.97. The number of amides is 3. The molecular weight excluding hydrogens is 464 g/mol.